The molecule has 19 heavy (non-hydrogen) atoms. The summed E-state index contributed by atoms with van der Waals surface area (Å²) in [6.45, 7) is 12.9. The number of rotatable bonds is 3. The number of hydrogen-bond acceptors (Lipinski definition) is 3. The minimum atomic E-state index is -0.893. The molecule has 0 aliphatic carbocycles. The molecule has 0 heterocycles. The van der Waals surface area contributed by atoms with Gasteiger partial charge in [-0.2, -0.15) is 0 Å². The Balaban J connectivity index is 2.89. The van der Waals surface area contributed by atoms with Gasteiger partial charge in [-0.3, -0.25) is 0 Å². The zero-order valence-electron chi connectivity index (χ0n) is 12.3. The Morgan fingerprint density at radius 1 is 1.11 bits per heavy atom. The molecule has 0 saturated heterocycles. The quantitative estimate of drug-likeness (QED) is 0.600. The first-order chi connectivity index (χ1) is 8.66. The van der Waals surface area contributed by atoms with Crippen molar-refractivity contribution in [1.82, 2.24) is 0 Å². The van der Waals surface area contributed by atoms with Crippen LogP contribution >= 0.6 is 0 Å². The second-order valence-electron chi connectivity index (χ2n) is 5.74. The summed E-state index contributed by atoms with van der Waals surface area (Å²) < 4.78 is 10.6. The number of aryl methyl sites for hydroxylation is 1. The van der Waals surface area contributed by atoms with E-state index in [4.69, 9.17) is 9.47 Å². The van der Waals surface area contributed by atoms with Crippen molar-refractivity contribution >= 4 is 6.16 Å². The number of carbonyl (C=O) groups is 1. The lowest BCUT2D eigenvalue weighted by molar-refractivity contribution is -0.0453. The highest BCUT2D eigenvalue weighted by Crippen LogP contribution is 2.28. The SMILES string of the molecule is C=C[C@@](C)(OC(=O)OC(C)(C)C)c1ccc(C)cc1. The van der Waals surface area contributed by atoms with Crippen LogP contribution in [0.2, 0.25) is 0 Å². The van der Waals surface area contributed by atoms with Crippen LogP contribution in [0.3, 0.4) is 0 Å². The van der Waals surface area contributed by atoms with Crippen LogP contribution in [0, 0.1) is 6.92 Å². The van der Waals surface area contributed by atoms with Gasteiger partial charge in [-0.1, -0.05) is 36.4 Å². The largest absolute Gasteiger partial charge is 0.510 e. The Kier molecular flexibility index (Phi) is 4.40. The first kappa shape index (κ1) is 15.3. The number of hydrogen-bond donors (Lipinski definition) is 0. The minimum absolute atomic E-state index is 0.577. The summed E-state index contributed by atoms with van der Waals surface area (Å²) in [6.07, 6.45) is 0.900. The van der Waals surface area contributed by atoms with Crippen LogP contribution in [0.15, 0.2) is 36.9 Å². The molecule has 0 unspecified atom stereocenters. The second-order valence-corrected chi connectivity index (χ2v) is 5.74. The van der Waals surface area contributed by atoms with Crippen molar-refractivity contribution in [3.63, 3.8) is 0 Å². The molecule has 0 aromatic heterocycles. The van der Waals surface area contributed by atoms with Gasteiger partial charge < -0.3 is 9.47 Å². The van der Waals surface area contributed by atoms with Crippen molar-refractivity contribution in [2.24, 2.45) is 0 Å². The molecule has 0 amide bonds. The van der Waals surface area contributed by atoms with Gasteiger partial charge in [0.05, 0.1) is 0 Å². The van der Waals surface area contributed by atoms with Gasteiger partial charge in [0.15, 0.2) is 5.60 Å². The maximum Gasteiger partial charge on any atom is 0.510 e. The molecule has 0 fully saturated rings. The van der Waals surface area contributed by atoms with Crippen LogP contribution in [0.25, 0.3) is 0 Å². The Hall–Kier alpha value is -1.77. The minimum Gasteiger partial charge on any atom is -0.429 e. The molecule has 0 aliphatic heterocycles. The van der Waals surface area contributed by atoms with Gasteiger partial charge in [0.25, 0.3) is 0 Å². The van der Waals surface area contributed by atoms with E-state index in [9.17, 15) is 4.79 Å². The van der Waals surface area contributed by atoms with Crippen molar-refractivity contribution in [2.75, 3.05) is 0 Å². The van der Waals surface area contributed by atoms with E-state index >= 15 is 0 Å². The number of ether oxygens (including phenoxy) is 2. The van der Waals surface area contributed by atoms with Crippen LogP contribution in [-0.4, -0.2) is 11.8 Å². The molecule has 0 bridgehead atoms. The van der Waals surface area contributed by atoms with E-state index in [0.29, 0.717) is 0 Å². The summed E-state index contributed by atoms with van der Waals surface area (Å²) in [4.78, 5) is 11.8. The third-order valence-corrected chi connectivity index (χ3v) is 2.70. The van der Waals surface area contributed by atoms with Crippen molar-refractivity contribution < 1.29 is 14.3 Å². The van der Waals surface area contributed by atoms with Crippen LogP contribution in [-0.2, 0) is 15.1 Å². The molecule has 1 aromatic rings. The third kappa shape index (κ3) is 4.43. The van der Waals surface area contributed by atoms with E-state index in [-0.39, 0.29) is 0 Å². The molecule has 0 aliphatic rings. The topological polar surface area (TPSA) is 35.5 Å². The summed E-state index contributed by atoms with van der Waals surface area (Å²) >= 11 is 0. The summed E-state index contributed by atoms with van der Waals surface area (Å²) in [6, 6.07) is 7.77. The predicted octanol–water partition coefficient (Wildman–Crippen LogP) is 4.35. The fourth-order valence-corrected chi connectivity index (χ4v) is 1.55. The lowest BCUT2D eigenvalue weighted by atomic mass is 9.95. The molecule has 104 valence electrons. The summed E-state index contributed by atoms with van der Waals surface area (Å²) in [5.74, 6) is 0. The van der Waals surface area contributed by atoms with E-state index in [2.05, 4.69) is 6.58 Å². The maximum atomic E-state index is 11.8. The van der Waals surface area contributed by atoms with Crippen molar-refractivity contribution in [2.45, 2.75) is 45.8 Å². The van der Waals surface area contributed by atoms with E-state index in [1.54, 1.807) is 33.8 Å². The molecule has 1 atom stereocenters. The van der Waals surface area contributed by atoms with Gasteiger partial charge in [-0.25, -0.2) is 4.79 Å². The predicted molar refractivity (Wildman–Crippen MR) is 76.0 cm³/mol. The summed E-state index contributed by atoms with van der Waals surface area (Å²) in [5.41, 5.74) is 0.536. The zero-order chi connectivity index (χ0) is 14.7. The van der Waals surface area contributed by atoms with E-state index < -0.39 is 17.4 Å². The molecular formula is C16H22O3. The number of benzene rings is 1. The fourth-order valence-electron chi connectivity index (χ4n) is 1.55. The molecule has 0 saturated carbocycles. The molecule has 3 nitrogen and oxygen atoms in total. The van der Waals surface area contributed by atoms with Gasteiger partial charge in [0.2, 0.25) is 0 Å². The van der Waals surface area contributed by atoms with Gasteiger partial charge in [-0.15, -0.1) is 0 Å². The smallest absolute Gasteiger partial charge is 0.429 e. The number of carbonyl (C=O) groups excluding carboxylic acids is 1. The van der Waals surface area contributed by atoms with Crippen molar-refractivity contribution in [3.05, 3.63) is 48.0 Å². The van der Waals surface area contributed by atoms with Gasteiger partial charge in [0.1, 0.15) is 5.60 Å². The van der Waals surface area contributed by atoms with Crippen LogP contribution in [0.4, 0.5) is 4.79 Å². The highest BCUT2D eigenvalue weighted by atomic mass is 16.7. The zero-order valence-corrected chi connectivity index (χ0v) is 12.3. The molecule has 1 rings (SSSR count). The monoisotopic (exact) mass is 262 g/mol. The molecular weight excluding hydrogens is 240 g/mol. The first-order valence-corrected chi connectivity index (χ1v) is 6.29. The third-order valence-electron chi connectivity index (χ3n) is 2.70. The average Bonchev–Trinajstić information content (AvgIpc) is 2.26. The molecule has 1 aromatic carbocycles. The van der Waals surface area contributed by atoms with Gasteiger partial charge >= 0.3 is 6.16 Å². The van der Waals surface area contributed by atoms with Crippen molar-refractivity contribution in [1.29, 1.82) is 0 Å². The summed E-state index contributed by atoms with van der Waals surface area (Å²) in [5, 5.41) is 0. The van der Waals surface area contributed by atoms with Crippen LogP contribution < -0.4 is 0 Å². The Morgan fingerprint density at radius 3 is 2.05 bits per heavy atom. The van der Waals surface area contributed by atoms with Gasteiger partial charge in [0, 0.05) is 0 Å². The molecule has 0 N–H and O–H groups in total. The molecule has 3 heteroatoms. The molecule has 0 radical (unpaired) electrons. The standard InChI is InChI=1S/C16H22O3/c1-7-16(6,13-10-8-12(2)9-11-13)19-14(17)18-15(3,4)5/h7-11H,1H2,2-6H3/t16-/m1/s1. The second kappa shape index (κ2) is 5.47. The van der Waals surface area contributed by atoms with E-state index in [1.807, 2.05) is 31.2 Å². The highest BCUT2D eigenvalue weighted by Gasteiger charge is 2.30. The Labute approximate surface area is 115 Å². The van der Waals surface area contributed by atoms with Gasteiger partial charge in [-0.05, 0) is 46.3 Å². The van der Waals surface area contributed by atoms with E-state index in [1.165, 1.54) is 0 Å². The maximum absolute atomic E-state index is 11.8. The van der Waals surface area contributed by atoms with Crippen molar-refractivity contribution in [3.8, 4) is 0 Å². The average molecular weight is 262 g/mol. The summed E-state index contributed by atoms with van der Waals surface area (Å²) in [7, 11) is 0. The Morgan fingerprint density at radius 2 is 1.63 bits per heavy atom. The first-order valence-electron chi connectivity index (χ1n) is 6.29. The van der Waals surface area contributed by atoms with Crippen LogP contribution in [0.5, 0.6) is 0 Å². The van der Waals surface area contributed by atoms with E-state index in [0.717, 1.165) is 11.1 Å². The lowest BCUT2D eigenvalue weighted by Crippen LogP contribution is -2.31. The molecule has 0 spiro atoms. The fraction of sp³-hybridized carbons (Fsp3) is 0.438. The van der Waals surface area contributed by atoms with Crippen LogP contribution in [0.1, 0.15) is 38.8 Å². The Bertz CT molecular complexity index is 454. The lowest BCUT2D eigenvalue weighted by Gasteiger charge is -2.28. The normalized spacial score (nSPS) is 14.4. The highest BCUT2D eigenvalue weighted by molar-refractivity contribution is 5.62.